The Morgan fingerprint density at radius 1 is 0.900 bits per heavy atom. The van der Waals surface area contributed by atoms with Crippen LogP contribution in [-0.2, 0) is 11.4 Å². The standard InChI is InChI=1S/C31H24N4O4S/c1-37-27-17-20(14-15-26(27)39-18-22-10-7-9-21-8-5-6-13-24(21)22)16-25-29(32)35-31(33-30(25)36)40-28(34-35)19-38-23-11-3-2-4-12-23/h2-17,32H,18-19H2,1H3. The van der Waals surface area contributed by atoms with Gasteiger partial charge in [-0.05, 0) is 64.0 Å². The number of nitrogens with zero attached hydrogens (tertiary/aromatic N) is 3. The summed E-state index contributed by atoms with van der Waals surface area (Å²) in [5, 5.41) is 17.7. The highest BCUT2D eigenvalue weighted by Gasteiger charge is 2.35. The molecule has 0 aromatic heterocycles. The van der Waals surface area contributed by atoms with Crippen LogP contribution in [0.2, 0.25) is 0 Å². The number of methoxy groups -OCH3 is 1. The molecule has 2 aliphatic heterocycles. The van der Waals surface area contributed by atoms with Gasteiger partial charge in [-0.1, -0.05) is 66.7 Å². The fourth-order valence-electron chi connectivity index (χ4n) is 4.39. The van der Waals surface area contributed by atoms with Gasteiger partial charge < -0.3 is 14.2 Å². The Hall–Kier alpha value is -4.89. The van der Waals surface area contributed by atoms with Gasteiger partial charge in [0.1, 0.15) is 24.0 Å². The molecule has 6 rings (SSSR count). The van der Waals surface area contributed by atoms with Gasteiger partial charge in [-0.3, -0.25) is 10.2 Å². The molecule has 8 nitrogen and oxygen atoms in total. The van der Waals surface area contributed by atoms with Crippen LogP contribution in [0.5, 0.6) is 17.2 Å². The number of hydrazone groups is 1. The topological polar surface area (TPSA) is 96.6 Å². The zero-order valence-electron chi connectivity index (χ0n) is 21.5. The molecule has 0 atom stereocenters. The van der Waals surface area contributed by atoms with E-state index in [2.05, 4.69) is 28.3 Å². The van der Waals surface area contributed by atoms with E-state index in [0.717, 1.165) is 16.3 Å². The number of amidine groups is 2. The van der Waals surface area contributed by atoms with Crippen LogP contribution in [0.4, 0.5) is 0 Å². The van der Waals surface area contributed by atoms with Gasteiger partial charge in [0.15, 0.2) is 17.3 Å². The van der Waals surface area contributed by atoms with Crippen molar-refractivity contribution >= 4 is 50.6 Å². The number of hydrogen-bond donors (Lipinski definition) is 1. The van der Waals surface area contributed by atoms with Crippen molar-refractivity contribution in [2.24, 2.45) is 10.1 Å². The third-order valence-electron chi connectivity index (χ3n) is 6.36. The summed E-state index contributed by atoms with van der Waals surface area (Å²) in [6.07, 6.45) is 1.61. The number of amides is 1. The number of hydrogen-bond acceptors (Lipinski definition) is 7. The lowest BCUT2D eigenvalue weighted by atomic mass is 10.1. The Morgan fingerprint density at radius 3 is 2.55 bits per heavy atom. The maximum atomic E-state index is 12.9. The highest BCUT2D eigenvalue weighted by Crippen LogP contribution is 2.32. The van der Waals surface area contributed by atoms with Crippen LogP contribution in [0.3, 0.4) is 0 Å². The molecule has 0 fully saturated rings. The SMILES string of the molecule is COc1cc(C=C2C(=N)N3N=C(COc4ccccc4)SC3=NC2=O)ccc1OCc1cccc2ccccc12. The number of rotatable bonds is 8. The quantitative estimate of drug-likeness (QED) is 0.266. The van der Waals surface area contributed by atoms with Gasteiger partial charge in [0.05, 0.1) is 12.7 Å². The van der Waals surface area contributed by atoms with Gasteiger partial charge in [0.25, 0.3) is 5.91 Å². The Kier molecular flexibility index (Phi) is 7.03. The number of ether oxygens (including phenoxy) is 3. The molecule has 1 N–H and O–H groups in total. The molecule has 2 heterocycles. The van der Waals surface area contributed by atoms with Crippen LogP contribution in [0.25, 0.3) is 16.8 Å². The van der Waals surface area contributed by atoms with Crippen LogP contribution in [0, 0.1) is 5.41 Å². The predicted octanol–water partition coefficient (Wildman–Crippen LogP) is 6.13. The number of carbonyl (C=O) groups excluding carboxylic acids is 1. The summed E-state index contributed by atoms with van der Waals surface area (Å²) >= 11 is 1.22. The second kappa shape index (κ2) is 11.1. The molecule has 40 heavy (non-hydrogen) atoms. The van der Waals surface area contributed by atoms with Crippen LogP contribution >= 0.6 is 11.8 Å². The number of aliphatic imine (C=N–C) groups is 1. The minimum absolute atomic E-state index is 0.0486. The highest BCUT2D eigenvalue weighted by molar-refractivity contribution is 8.27. The first kappa shape index (κ1) is 25.4. The molecule has 2 aliphatic rings. The molecule has 9 heteroatoms. The largest absolute Gasteiger partial charge is 0.493 e. The van der Waals surface area contributed by atoms with E-state index in [1.807, 2.05) is 60.7 Å². The molecule has 0 bridgehead atoms. The van der Waals surface area contributed by atoms with Crippen molar-refractivity contribution in [3.05, 3.63) is 108 Å². The second-order valence-electron chi connectivity index (χ2n) is 8.95. The van der Waals surface area contributed by atoms with Crippen LogP contribution in [0.1, 0.15) is 11.1 Å². The first-order valence-corrected chi connectivity index (χ1v) is 13.3. The van der Waals surface area contributed by atoms with Gasteiger partial charge in [0, 0.05) is 0 Å². The summed E-state index contributed by atoms with van der Waals surface area (Å²) in [5.41, 5.74) is 1.87. The molecule has 0 saturated carbocycles. The van der Waals surface area contributed by atoms with Crippen molar-refractivity contribution in [1.29, 1.82) is 5.41 Å². The summed E-state index contributed by atoms with van der Waals surface area (Å²) < 4.78 is 17.5. The Balaban J connectivity index is 1.18. The minimum atomic E-state index is -0.501. The van der Waals surface area contributed by atoms with Crippen molar-refractivity contribution in [1.82, 2.24) is 5.01 Å². The number of nitrogens with one attached hydrogen (secondary N) is 1. The molecule has 0 aliphatic carbocycles. The van der Waals surface area contributed by atoms with Crippen molar-refractivity contribution in [2.75, 3.05) is 13.7 Å². The van der Waals surface area contributed by atoms with Gasteiger partial charge in [0.2, 0.25) is 5.17 Å². The van der Waals surface area contributed by atoms with Gasteiger partial charge in [-0.25, -0.2) is 0 Å². The monoisotopic (exact) mass is 548 g/mol. The maximum Gasteiger partial charge on any atom is 0.283 e. The predicted molar refractivity (Wildman–Crippen MR) is 158 cm³/mol. The highest BCUT2D eigenvalue weighted by atomic mass is 32.2. The number of carbonyl (C=O) groups is 1. The average molecular weight is 549 g/mol. The lowest BCUT2D eigenvalue weighted by Gasteiger charge is -2.20. The summed E-state index contributed by atoms with van der Waals surface area (Å²) in [7, 11) is 1.57. The van der Waals surface area contributed by atoms with Crippen molar-refractivity contribution in [3.8, 4) is 17.2 Å². The van der Waals surface area contributed by atoms with E-state index in [4.69, 9.17) is 19.6 Å². The van der Waals surface area contributed by atoms with Crippen LogP contribution < -0.4 is 14.2 Å². The van der Waals surface area contributed by atoms with E-state index in [0.29, 0.717) is 39.6 Å². The number of benzene rings is 4. The molecule has 0 unspecified atom stereocenters. The van der Waals surface area contributed by atoms with E-state index in [1.54, 1.807) is 25.3 Å². The number of fused-ring (bicyclic) bond motifs is 2. The average Bonchev–Trinajstić information content (AvgIpc) is 3.41. The van der Waals surface area contributed by atoms with Gasteiger partial charge >= 0.3 is 0 Å². The first-order valence-electron chi connectivity index (χ1n) is 12.5. The van der Waals surface area contributed by atoms with Crippen molar-refractivity contribution in [3.63, 3.8) is 0 Å². The normalized spacial score (nSPS) is 15.6. The van der Waals surface area contributed by atoms with Crippen LogP contribution in [0.15, 0.2) is 107 Å². The third kappa shape index (κ3) is 5.19. The van der Waals surface area contributed by atoms with Crippen molar-refractivity contribution in [2.45, 2.75) is 6.61 Å². The molecule has 4 aromatic rings. The molecule has 4 aromatic carbocycles. The second-order valence-corrected chi connectivity index (χ2v) is 9.99. The van der Waals surface area contributed by atoms with E-state index in [-0.39, 0.29) is 18.0 Å². The molecule has 198 valence electrons. The Bertz CT molecular complexity index is 1710. The van der Waals surface area contributed by atoms with E-state index in [1.165, 1.54) is 16.8 Å². The molecule has 0 saturated heterocycles. The zero-order valence-corrected chi connectivity index (χ0v) is 22.4. The summed E-state index contributed by atoms with van der Waals surface area (Å²) in [6.45, 7) is 0.585. The van der Waals surface area contributed by atoms with E-state index >= 15 is 0 Å². The van der Waals surface area contributed by atoms with E-state index < -0.39 is 5.91 Å². The summed E-state index contributed by atoms with van der Waals surface area (Å²) in [6, 6.07) is 29.1. The summed E-state index contributed by atoms with van der Waals surface area (Å²) in [5.74, 6) is 1.25. The fraction of sp³-hybridized carbons (Fsp3) is 0.0968. The lowest BCUT2D eigenvalue weighted by molar-refractivity contribution is -0.114. The third-order valence-corrected chi connectivity index (χ3v) is 7.25. The van der Waals surface area contributed by atoms with Crippen LogP contribution in [-0.4, -0.2) is 40.7 Å². The number of para-hydroxylation sites is 1. The Morgan fingerprint density at radius 2 is 1.70 bits per heavy atom. The van der Waals surface area contributed by atoms with E-state index in [9.17, 15) is 4.79 Å². The molecular weight excluding hydrogens is 524 g/mol. The molecule has 0 spiro atoms. The molecular formula is C31H24N4O4S. The van der Waals surface area contributed by atoms with Gasteiger partial charge in [-0.15, -0.1) is 0 Å². The van der Waals surface area contributed by atoms with Gasteiger partial charge in [-0.2, -0.15) is 15.1 Å². The summed E-state index contributed by atoms with van der Waals surface area (Å²) in [4.78, 5) is 17.0. The number of thioether (sulfide) groups is 1. The lowest BCUT2D eigenvalue weighted by Crippen LogP contribution is -2.35. The minimum Gasteiger partial charge on any atom is -0.493 e. The van der Waals surface area contributed by atoms with Crippen molar-refractivity contribution < 1.29 is 19.0 Å². The maximum absolute atomic E-state index is 12.9. The molecule has 1 amide bonds. The first-order chi connectivity index (χ1) is 19.6. The fourth-order valence-corrected chi connectivity index (χ4v) is 5.18. The Labute approximate surface area is 235 Å². The zero-order chi connectivity index (χ0) is 27.5. The molecule has 0 radical (unpaired) electrons. The smallest absolute Gasteiger partial charge is 0.283 e.